The molecule has 0 heterocycles. The zero-order valence-electron chi connectivity index (χ0n) is 22.8. The average molecular weight is 615 g/mol. The molecule has 0 fully saturated rings. The van der Waals surface area contributed by atoms with E-state index in [9.17, 15) is 18.0 Å². The zero-order valence-corrected chi connectivity index (χ0v) is 25.2. The Hall–Kier alpha value is -3.17. The first kappa shape index (κ1) is 30.4. The minimum absolute atomic E-state index is 0.0815. The van der Waals surface area contributed by atoms with Crippen molar-refractivity contribution in [2.24, 2.45) is 0 Å². The summed E-state index contributed by atoms with van der Waals surface area (Å²) < 4.78 is 27.5. The maximum absolute atomic E-state index is 14.1. The fourth-order valence-corrected chi connectivity index (χ4v) is 5.34. The maximum Gasteiger partial charge on any atom is 0.244 e. The van der Waals surface area contributed by atoms with Gasteiger partial charge in [-0.3, -0.25) is 13.9 Å². The van der Waals surface area contributed by atoms with Crippen molar-refractivity contribution in [3.8, 4) is 0 Å². The number of nitrogens with one attached hydrogen (secondary N) is 1. The molecule has 0 spiro atoms. The third kappa shape index (κ3) is 8.93. The summed E-state index contributed by atoms with van der Waals surface area (Å²) in [5, 5.41) is 3.03. The Bertz CT molecular complexity index is 1360. The maximum atomic E-state index is 14.1. The van der Waals surface area contributed by atoms with Gasteiger partial charge in [-0.15, -0.1) is 0 Å². The summed E-state index contributed by atoms with van der Waals surface area (Å²) in [7, 11) is -3.80. The first-order chi connectivity index (χ1) is 18.5. The molecule has 208 valence electrons. The van der Waals surface area contributed by atoms with E-state index in [1.54, 1.807) is 24.3 Å². The van der Waals surface area contributed by atoms with E-state index in [1.807, 2.05) is 75.4 Å². The van der Waals surface area contributed by atoms with Crippen LogP contribution in [0.25, 0.3) is 0 Å². The number of halogens is 1. The minimum atomic E-state index is -3.80. The third-order valence-corrected chi connectivity index (χ3v) is 8.17. The van der Waals surface area contributed by atoms with Crippen LogP contribution in [0.15, 0.2) is 83.3 Å². The lowest BCUT2D eigenvalue weighted by Crippen LogP contribution is -2.54. The molecule has 0 aromatic heterocycles. The fraction of sp³-hybridized carbons (Fsp3) is 0.333. The molecule has 1 N–H and O–H groups in total. The van der Waals surface area contributed by atoms with Gasteiger partial charge in [0.25, 0.3) is 0 Å². The van der Waals surface area contributed by atoms with Crippen LogP contribution in [0.2, 0.25) is 0 Å². The Morgan fingerprint density at radius 1 is 0.949 bits per heavy atom. The van der Waals surface area contributed by atoms with E-state index < -0.39 is 28.5 Å². The second kappa shape index (κ2) is 13.8. The molecule has 0 saturated carbocycles. The largest absolute Gasteiger partial charge is 0.352 e. The van der Waals surface area contributed by atoms with Crippen LogP contribution in [0.3, 0.4) is 0 Å². The van der Waals surface area contributed by atoms with E-state index in [1.165, 1.54) is 4.90 Å². The topological polar surface area (TPSA) is 86.8 Å². The minimum Gasteiger partial charge on any atom is -0.352 e. The molecule has 3 aromatic rings. The molecule has 0 bridgehead atoms. The first-order valence-electron chi connectivity index (χ1n) is 12.9. The highest BCUT2D eigenvalue weighted by Gasteiger charge is 2.33. The number of carbonyl (C=O) groups is 2. The second-order valence-corrected chi connectivity index (χ2v) is 12.6. The summed E-state index contributed by atoms with van der Waals surface area (Å²) in [5.41, 5.74) is 3.15. The molecule has 0 radical (unpaired) electrons. The molecular formula is C30H36BrN3O4S. The predicted octanol–water partition coefficient (Wildman–Crippen LogP) is 5.08. The van der Waals surface area contributed by atoms with Gasteiger partial charge in [0.05, 0.1) is 11.9 Å². The van der Waals surface area contributed by atoms with Crippen molar-refractivity contribution >= 4 is 43.5 Å². The number of hydrogen-bond donors (Lipinski definition) is 1. The molecule has 0 aliphatic heterocycles. The van der Waals surface area contributed by atoms with E-state index >= 15 is 0 Å². The standard InChI is InChI=1S/C30H36BrN3O4S/c1-5-23(3)32-30(36)28(19-24-11-7-6-8-12-24)33(20-25-13-9-10-22(2)18-25)29(35)21-34(39(4,37)38)27-16-14-26(31)15-17-27/h6-18,23,28H,5,19-21H2,1-4H3,(H,32,36)/t23-,28-/m1/s1. The highest BCUT2D eigenvalue weighted by atomic mass is 79.9. The molecule has 3 aromatic carbocycles. The summed E-state index contributed by atoms with van der Waals surface area (Å²) in [6.45, 7) is 5.59. The number of nitrogens with zero attached hydrogens (tertiary/aromatic N) is 2. The Balaban J connectivity index is 2.05. The van der Waals surface area contributed by atoms with Crippen molar-refractivity contribution in [1.29, 1.82) is 0 Å². The normalized spacial score (nSPS) is 12.8. The van der Waals surface area contributed by atoms with Crippen molar-refractivity contribution in [2.75, 3.05) is 17.1 Å². The van der Waals surface area contributed by atoms with Crippen LogP contribution in [0.1, 0.15) is 37.0 Å². The Kier molecular flexibility index (Phi) is 10.7. The lowest BCUT2D eigenvalue weighted by Gasteiger charge is -2.34. The lowest BCUT2D eigenvalue weighted by molar-refractivity contribution is -0.140. The van der Waals surface area contributed by atoms with Crippen molar-refractivity contribution in [3.63, 3.8) is 0 Å². The number of anilines is 1. The average Bonchev–Trinajstić information content (AvgIpc) is 2.89. The SMILES string of the molecule is CC[C@@H](C)NC(=O)[C@@H](Cc1ccccc1)N(Cc1cccc(C)c1)C(=O)CN(c1ccc(Br)cc1)S(C)(=O)=O. The number of carbonyl (C=O) groups excluding carboxylic acids is 2. The van der Waals surface area contributed by atoms with E-state index in [0.717, 1.165) is 38.1 Å². The summed E-state index contributed by atoms with van der Waals surface area (Å²) in [5.74, 6) is -0.742. The van der Waals surface area contributed by atoms with E-state index in [4.69, 9.17) is 0 Å². The Labute approximate surface area is 240 Å². The first-order valence-corrected chi connectivity index (χ1v) is 15.5. The fourth-order valence-electron chi connectivity index (χ4n) is 4.22. The van der Waals surface area contributed by atoms with E-state index in [-0.39, 0.29) is 24.9 Å². The second-order valence-electron chi connectivity index (χ2n) is 9.78. The molecule has 2 atom stereocenters. The van der Waals surface area contributed by atoms with Gasteiger partial charge in [-0.05, 0) is 55.7 Å². The molecule has 9 heteroatoms. The van der Waals surface area contributed by atoms with Gasteiger partial charge in [0, 0.05) is 23.5 Å². The van der Waals surface area contributed by atoms with Gasteiger partial charge in [-0.2, -0.15) is 0 Å². The van der Waals surface area contributed by atoms with Crippen molar-refractivity contribution in [1.82, 2.24) is 10.2 Å². The molecule has 0 aliphatic rings. The Morgan fingerprint density at radius 2 is 1.59 bits per heavy atom. The van der Waals surface area contributed by atoms with Crippen LogP contribution in [-0.2, 0) is 32.6 Å². The summed E-state index contributed by atoms with van der Waals surface area (Å²) in [4.78, 5) is 29.2. The van der Waals surface area contributed by atoms with Crippen molar-refractivity contribution < 1.29 is 18.0 Å². The molecule has 2 amide bonds. The highest BCUT2D eigenvalue weighted by Crippen LogP contribution is 2.22. The number of aryl methyl sites for hydroxylation is 1. The predicted molar refractivity (Wildman–Crippen MR) is 160 cm³/mol. The van der Waals surface area contributed by atoms with Crippen LogP contribution in [-0.4, -0.2) is 50.0 Å². The number of benzene rings is 3. The summed E-state index contributed by atoms with van der Waals surface area (Å²) in [6.07, 6.45) is 2.10. The van der Waals surface area contributed by atoms with Crippen molar-refractivity contribution in [3.05, 3.63) is 100 Å². The Morgan fingerprint density at radius 3 is 2.18 bits per heavy atom. The van der Waals surface area contributed by atoms with Crippen LogP contribution in [0.4, 0.5) is 5.69 Å². The zero-order chi connectivity index (χ0) is 28.6. The van der Waals surface area contributed by atoms with Gasteiger partial charge < -0.3 is 10.2 Å². The quantitative estimate of drug-likeness (QED) is 0.309. The third-order valence-electron chi connectivity index (χ3n) is 6.50. The number of hydrogen-bond acceptors (Lipinski definition) is 4. The van der Waals surface area contributed by atoms with Gasteiger partial charge in [0.1, 0.15) is 12.6 Å². The van der Waals surface area contributed by atoms with Gasteiger partial charge in [-0.25, -0.2) is 8.42 Å². The molecular weight excluding hydrogens is 578 g/mol. The van der Waals surface area contributed by atoms with Crippen molar-refractivity contribution in [2.45, 2.75) is 52.2 Å². The number of rotatable bonds is 12. The van der Waals surface area contributed by atoms with E-state index in [2.05, 4.69) is 21.2 Å². The van der Waals surface area contributed by atoms with Gasteiger partial charge in [0.15, 0.2) is 0 Å². The lowest BCUT2D eigenvalue weighted by atomic mass is 10.0. The molecule has 0 unspecified atom stereocenters. The van der Waals surface area contributed by atoms with Gasteiger partial charge >= 0.3 is 0 Å². The molecule has 39 heavy (non-hydrogen) atoms. The summed E-state index contributed by atoms with van der Waals surface area (Å²) >= 11 is 3.37. The van der Waals surface area contributed by atoms with Crippen LogP contribution >= 0.6 is 15.9 Å². The van der Waals surface area contributed by atoms with E-state index in [0.29, 0.717) is 5.69 Å². The molecule has 7 nitrogen and oxygen atoms in total. The van der Waals surface area contributed by atoms with Gasteiger partial charge in [-0.1, -0.05) is 83.0 Å². The smallest absolute Gasteiger partial charge is 0.244 e. The monoisotopic (exact) mass is 613 g/mol. The van der Waals surface area contributed by atoms with Gasteiger partial charge in [0.2, 0.25) is 21.8 Å². The molecule has 3 rings (SSSR count). The molecule has 0 saturated heterocycles. The highest BCUT2D eigenvalue weighted by molar-refractivity contribution is 9.10. The summed E-state index contributed by atoms with van der Waals surface area (Å²) in [6, 6.07) is 23.1. The number of amides is 2. The molecule has 0 aliphatic carbocycles. The van der Waals surface area contributed by atoms with Crippen LogP contribution in [0, 0.1) is 6.92 Å². The van der Waals surface area contributed by atoms with Crippen LogP contribution in [0.5, 0.6) is 0 Å². The van der Waals surface area contributed by atoms with Crippen LogP contribution < -0.4 is 9.62 Å². The number of sulfonamides is 1.